The summed E-state index contributed by atoms with van der Waals surface area (Å²) in [5.74, 6) is 0.615. The zero-order valence-electron chi connectivity index (χ0n) is 18.6. The summed E-state index contributed by atoms with van der Waals surface area (Å²) < 4.78 is 14.4. The van der Waals surface area contributed by atoms with E-state index in [0.29, 0.717) is 41.1 Å². The molecule has 3 aromatic heterocycles. The van der Waals surface area contributed by atoms with Gasteiger partial charge in [0.05, 0.1) is 17.8 Å². The van der Waals surface area contributed by atoms with Crippen LogP contribution in [0.15, 0.2) is 24.7 Å². The molecule has 2 N–H and O–H groups in total. The van der Waals surface area contributed by atoms with Gasteiger partial charge in [-0.2, -0.15) is 0 Å². The van der Waals surface area contributed by atoms with Crippen LogP contribution in [0.25, 0.3) is 22.4 Å². The van der Waals surface area contributed by atoms with Crippen LogP contribution in [0, 0.1) is 17.2 Å². The number of Topliss-reactive ketones (excluding diaryl/α,β-unsaturated/α-hetero) is 1. The predicted molar refractivity (Wildman–Crippen MR) is 124 cm³/mol. The molecule has 3 aromatic rings. The van der Waals surface area contributed by atoms with E-state index < -0.39 is 5.82 Å². The lowest BCUT2D eigenvalue weighted by atomic mass is 9.89. The van der Waals surface area contributed by atoms with E-state index in [9.17, 15) is 9.18 Å². The fourth-order valence-electron chi connectivity index (χ4n) is 3.93. The number of carbonyl (C=O) groups is 1. The number of hydrogen-bond donors (Lipinski definition) is 2. The highest BCUT2D eigenvalue weighted by Gasteiger charge is 2.27. The molecule has 170 valence electrons. The van der Waals surface area contributed by atoms with E-state index in [-0.39, 0.29) is 17.0 Å². The Morgan fingerprint density at radius 3 is 2.94 bits per heavy atom. The van der Waals surface area contributed by atoms with E-state index in [4.69, 9.17) is 11.6 Å². The summed E-state index contributed by atoms with van der Waals surface area (Å²) in [4.78, 5) is 30.5. The van der Waals surface area contributed by atoms with Crippen molar-refractivity contribution in [3.63, 3.8) is 0 Å². The maximum Gasteiger partial charge on any atom is 0.183 e. The summed E-state index contributed by atoms with van der Waals surface area (Å²) in [6.07, 6.45) is 6.53. The Bertz CT molecular complexity index is 1130. The molecule has 0 saturated carbocycles. The third-order valence-corrected chi connectivity index (χ3v) is 6.05. The van der Waals surface area contributed by atoms with Crippen LogP contribution in [-0.2, 0) is 4.79 Å². The van der Waals surface area contributed by atoms with Crippen molar-refractivity contribution in [2.45, 2.75) is 33.6 Å². The minimum absolute atomic E-state index is 0.169. The van der Waals surface area contributed by atoms with Gasteiger partial charge >= 0.3 is 0 Å². The molecule has 32 heavy (non-hydrogen) atoms. The number of H-pyrrole nitrogens is 1. The van der Waals surface area contributed by atoms with Gasteiger partial charge in [-0.15, -0.1) is 0 Å². The molecular formula is C23H28ClFN6O. The van der Waals surface area contributed by atoms with E-state index in [1.165, 1.54) is 6.20 Å². The van der Waals surface area contributed by atoms with Crippen LogP contribution in [0.3, 0.4) is 0 Å². The molecule has 7 nitrogen and oxygen atoms in total. The lowest BCUT2D eigenvalue weighted by Gasteiger charge is -2.33. The number of carbonyl (C=O) groups excluding carboxylic acids is 1. The van der Waals surface area contributed by atoms with Gasteiger partial charge in [0.1, 0.15) is 5.65 Å². The summed E-state index contributed by atoms with van der Waals surface area (Å²) in [5, 5.41) is 4.44. The number of likely N-dealkylation sites (tertiary alicyclic amines) is 1. The van der Waals surface area contributed by atoms with Crippen molar-refractivity contribution < 1.29 is 9.18 Å². The quantitative estimate of drug-likeness (QED) is 0.563. The highest BCUT2D eigenvalue weighted by Crippen LogP contribution is 2.28. The van der Waals surface area contributed by atoms with Crippen LogP contribution in [0.1, 0.15) is 33.6 Å². The van der Waals surface area contributed by atoms with E-state index in [1.807, 2.05) is 20.8 Å². The lowest BCUT2D eigenvalue weighted by molar-refractivity contribution is -0.127. The minimum Gasteiger partial charge on any atom is -0.367 e. The summed E-state index contributed by atoms with van der Waals surface area (Å²) in [6.45, 7) is 8.61. The van der Waals surface area contributed by atoms with Crippen molar-refractivity contribution in [2.24, 2.45) is 11.3 Å². The molecule has 0 aliphatic carbocycles. The maximum absolute atomic E-state index is 14.4. The molecule has 1 fully saturated rings. The molecule has 0 bridgehead atoms. The van der Waals surface area contributed by atoms with E-state index >= 15 is 0 Å². The Hall–Kier alpha value is -2.58. The second-order valence-electron chi connectivity index (χ2n) is 9.44. The number of pyridine rings is 1. The smallest absolute Gasteiger partial charge is 0.183 e. The monoisotopic (exact) mass is 458 g/mol. The first-order valence-corrected chi connectivity index (χ1v) is 11.2. The van der Waals surface area contributed by atoms with Crippen molar-refractivity contribution in [3.8, 4) is 11.4 Å². The summed E-state index contributed by atoms with van der Waals surface area (Å²) >= 11 is 6.08. The van der Waals surface area contributed by atoms with Crippen LogP contribution in [0.4, 0.5) is 10.2 Å². The molecule has 4 heterocycles. The Kier molecular flexibility index (Phi) is 6.44. The maximum atomic E-state index is 14.4. The minimum atomic E-state index is -0.500. The fourth-order valence-corrected chi connectivity index (χ4v) is 4.08. The number of hydrogen-bond acceptors (Lipinski definition) is 6. The molecule has 1 aliphatic rings. The predicted octanol–water partition coefficient (Wildman–Crippen LogP) is 4.55. The van der Waals surface area contributed by atoms with Crippen LogP contribution in [0.2, 0.25) is 5.02 Å². The molecule has 0 amide bonds. The van der Waals surface area contributed by atoms with Crippen LogP contribution < -0.4 is 5.32 Å². The number of aromatic nitrogens is 4. The first-order chi connectivity index (χ1) is 15.2. The highest BCUT2D eigenvalue weighted by molar-refractivity contribution is 6.31. The van der Waals surface area contributed by atoms with Crippen LogP contribution in [-0.4, -0.2) is 56.8 Å². The van der Waals surface area contributed by atoms with E-state index in [0.717, 1.165) is 31.3 Å². The number of ketones is 1. The van der Waals surface area contributed by atoms with E-state index in [2.05, 4.69) is 30.2 Å². The first kappa shape index (κ1) is 22.6. The normalized spacial score (nSPS) is 17.6. The highest BCUT2D eigenvalue weighted by atomic mass is 35.5. The van der Waals surface area contributed by atoms with Crippen molar-refractivity contribution >= 4 is 34.2 Å². The number of nitrogens with zero attached hydrogens (tertiary/aromatic N) is 4. The molecule has 1 atom stereocenters. The van der Waals surface area contributed by atoms with Gasteiger partial charge in [0.15, 0.2) is 23.2 Å². The van der Waals surface area contributed by atoms with Gasteiger partial charge in [0.25, 0.3) is 0 Å². The van der Waals surface area contributed by atoms with Crippen LogP contribution >= 0.6 is 11.6 Å². The number of piperidine rings is 1. The van der Waals surface area contributed by atoms with Crippen molar-refractivity contribution in [3.05, 3.63) is 35.5 Å². The number of nitrogens with one attached hydrogen (secondary N) is 2. The van der Waals surface area contributed by atoms with Crippen molar-refractivity contribution in [1.29, 1.82) is 0 Å². The Labute approximate surface area is 191 Å². The van der Waals surface area contributed by atoms with Gasteiger partial charge in [0.2, 0.25) is 0 Å². The second kappa shape index (κ2) is 9.11. The molecule has 0 spiro atoms. The van der Waals surface area contributed by atoms with Gasteiger partial charge in [-0.05, 0) is 31.4 Å². The molecule has 0 aromatic carbocycles. The zero-order valence-corrected chi connectivity index (χ0v) is 19.3. The fraction of sp³-hybridized carbons (Fsp3) is 0.478. The largest absolute Gasteiger partial charge is 0.367 e. The van der Waals surface area contributed by atoms with Gasteiger partial charge in [0, 0.05) is 41.8 Å². The molecule has 9 heteroatoms. The second-order valence-corrected chi connectivity index (χ2v) is 9.88. The lowest BCUT2D eigenvalue weighted by Crippen LogP contribution is -2.43. The Balaban J connectivity index is 1.44. The number of anilines is 1. The topological polar surface area (TPSA) is 86.8 Å². The molecule has 1 saturated heterocycles. The molecule has 4 rings (SSSR count). The summed E-state index contributed by atoms with van der Waals surface area (Å²) in [6, 6.07) is 1.78. The molecule has 1 aliphatic heterocycles. The third kappa shape index (κ3) is 5.07. The Morgan fingerprint density at radius 2 is 2.16 bits per heavy atom. The van der Waals surface area contributed by atoms with E-state index in [1.54, 1.807) is 18.5 Å². The SMILES string of the molecule is CC(C)(C)C(=O)CN1CCCC(CNc2nc(-c3c[nH]c4ncc(Cl)cc34)ncc2F)C1. The number of aromatic amines is 1. The number of halogens is 2. The molecular weight excluding hydrogens is 431 g/mol. The molecule has 1 unspecified atom stereocenters. The zero-order chi connectivity index (χ0) is 22.9. The number of rotatable bonds is 6. The first-order valence-electron chi connectivity index (χ1n) is 10.9. The van der Waals surface area contributed by atoms with Crippen molar-refractivity contribution in [1.82, 2.24) is 24.8 Å². The average molecular weight is 459 g/mol. The summed E-state index contributed by atoms with van der Waals surface area (Å²) in [5.41, 5.74) is 1.04. The molecule has 0 radical (unpaired) electrons. The number of fused-ring (bicyclic) bond motifs is 1. The van der Waals surface area contributed by atoms with Crippen LogP contribution in [0.5, 0.6) is 0 Å². The van der Waals surface area contributed by atoms with Gasteiger partial charge in [-0.1, -0.05) is 32.4 Å². The van der Waals surface area contributed by atoms with Gasteiger partial charge in [-0.3, -0.25) is 9.69 Å². The van der Waals surface area contributed by atoms with Gasteiger partial charge in [-0.25, -0.2) is 19.3 Å². The van der Waals surface area contributed by atoms with Crippen molar-refractivity contribution in [2.75, 3.05) is 31.5 Å². The third-order valence-electron chi connectivity index (χ3n) is 5.85. The van der Waals surface area contributed by atoms with Gasteiger partial charge < -0.3 is 10.3 Å². The average Bonchev–Trinajstić information content (AvgIpc) is 3.16. The standard InChI is InChI=1S/C23H28ClFN6O/c1-23(2,3)19(32)13-31-6-4-5-14(12-31)8-26-22-18(25)11-29-21(30-22)17-10-28-20-16(17)7-15(24)9-27-20/h7,9-11,14H,4-6,8,12-13H2,1-3H3,(H,27,28)(H,26,29,30). The summed E-state index contributed by atoms with van der Waals surface area (Å²) in [7, 11) is 0. The Morgan fingerprint density at radius 1 is 1.34 bits per heavy atom.